The van der Waals surface area contributed by atoms with E-state index in [1.807, 2.05) is 19.0 Å². The van der Waals surface area contributed by atoms with Crippen LogP contribution in [-0.2, 0) is 4.79 Å². The number of fused-ring (bicyclic) bond motifs is 1. The van der Waals surface area contributed by atoms with E-state index in [0.717, 1.165) is 14.9 Å². The Morgan fingerprint density at radius 3 is 2.78 bits per heavy atom. The molecule has 142 valence electrons. The summed E-state index contributed by atoms with van der Waals surface area (Å²) in [5.74, 6) is 1.24. The summed E-state index contributed by atoms with van der Waals surface area (Å²) < 4.78 is 11.3. The highest BCUT2D eigenvalue weighted by atomic mass is 32.2. The first-order valence-corrected chi connectivity index (χ1v) is 9.75. The first kappa shape index (κ1) is 19.2. The van der Waals surface area contributed by atoms with Gasteiger partial charge in [0.05, 0.1) is 25.7 Å². The SMILES string of the molecule is COc1ccc(NC(=O)CSc2ncnc3nc(N(C)C)sc23)c(OC)c1. The molecule has 27 heavy (non-hydrogen) atoms. The van der Waals surface area contributed by atoms with Gasteiger partial charge in [0.1, 0.15) is 27.6 Å². The van der Waals surface area contributed by atoms with Gasteiger partial charge in [-0.25, -0.2) is 9.97 Å². The summed E-state index contributed by atoms with van der Waals surface area (Å²) >= 11 is 2.85. The third-order valence-electron chi connectivity index (χ3n) is 3.55. The molecule has 1 aromatic carbocycles. The molecule has 1 amide bonds. The number of nitrogens with zero attached hydrogens (tertiary/aromatic N) is 4. The van der Waals surface area contributed by atoms with E-state index in [4.69, 9.17) is 9.47 Å². The molecule has 0 aliphatic rings. The summed E-state index contributed by atoms with van der Waals surface area (Å²) in [7, 11) is 6.97. The van der Waals surface area contributed by atoms with E-state index in [1.165, 1.54) is 29.4 Å². The maximum absolute atomic E-state index is 12.4. The van der Waals surface area contributed by atoms with Gasteiger partial charge in [0.2, 0.25) is 5.91 Å². The molecule has 3 rings (SSSR count). The number of nitrogens with one attached hydrogen (secondary N) is 1. The number of thiazole rings is 1. The molecule has 10 heteroatoms. The van der Waals surface area contributed by atoms with Gasteiger partial charge in [0, 0.05) is 20.2 Å². The Bertz CT molecular complexity index is 961. The number of carbonyl (C=O) groups is 1. The maximum atomic E-state index is 12.4. The number of carbonyl (C=O) groups excluding carboxylic acids is 1. The van der Waals surface area contributed by atoms with E-state index in [1.54, 1.807) is 32.4 Å². The van der Waals surface area contributed by atoms with Crippen molar-refractivity contribution >= 4 is 50.2 Å². The van der Waals surface area contributed by atoms with Crippen molar-refractivity contribution < 1.29 is 14.3 Å². The number of amides is 1. The van der Waals surface area contributed by atoms with Crippen LogP contribution in [0, 0.1) is 0 Å². The average molecular weight is 406 g/mol. The van der Waals surface area contributed by atoms with Crippen LogP contribution in [0.25, 0.3) is 10.3 Å². The van der Waals surface area contributed by atoms with Gasteiger partial charge in [-0.05, 0) is 12.1 Å². The largest absolute Gasteiger partial charge is 0.497 e. The number of anilines is 2. The summed E-state index contributed by atoms with van der Waals surface area (Å²) in [6.45, 7) is 0. The summed E-state index contributed by atoms with van der Waals surface area (Å²) in [5, 5.41) is 4.44. The lowest BCUT2D eigenvalue weighted by Crippen LogP contribution is -2.14. The highest BCUT2D eigenvalue weighted by molar-refractivity contribution is 8.00. The van der Waals surface area contributed by atoms with E-state index in [0.29, 0.717) is 22.8 Å². The Labute approximate surface area is 164 Å². The molecule has 0 spiro atoms. The lowest BCUT2D eigenvalue weighted by molar-refractivity contribution is -0.113. The van der Waals surface area contributed by atoms with Gasteiger partial charge < -0.3 is 19.7 Å². The van der Waals surface area contributed by atoms with Gasteiger partial charge in [0.25, 0.3) is 0 Å². The minimum absolute atomic E-state index is 0.160. The molecule has 0 aliphatic carbocycles. The van der Waals surface area contributed by atoms with Crippen molar-refractivity contribution in [2.45, 2.75) is 5.03 Å². The molecule has 1 N–H and O–H groups in total. The van der Waals surface area contributed by atoms with Crippen molar-refractivity contribution in [2.24, 2.45) is 0 Å². The van der Waals surface area contributed by atoms with Crippen LogP contribution < -0.4 is 19.7 Å². The van der Waals surface area contributed by atoms with E-state index >= 15 is 0 Å². The monoisotopic (exact) mass is 405 g/mol. The van der Waals surface area contributed by atoms with Gasteiger partial charge in [0.15, 0.2) is 10.8 Å². The van der Waals surface area contributed by atoms with Gasteiger partial charge in [-0.3, -0.25) is 4.79 Å². The Morgan fingerprint density at radius 2 is 2.07 bits per heavy atom. The summed E-state index contributed by atoms with van der Waals surface area (Å²) in [6, 6.07) is 5.23. The van der Waals surface area contributed by atoms with Crippen LogP contribution in [0.3, 0.4) is 0 Å². The zero-order chi connectivity index (χ0) is 19.4. The van der Waals surface area contributed by atoms with Crippen molar-refractivity contribution in [3.63, 3.8) is 0 Å². The van der Waals surface area contributed by atoms with E-state index in [2.05, 4.69) is 20.3 Å². The van der Waals surface area contributed by atoms with E-state index in [-0.39, 0.29) is 11.7 Å². The molecule has 0 unspecified atom stereocenters. The molecule has 2 heterocycles. The Kier molecular flexibility index (Phi) is 5.97. The van der Waals surface area contributed by atoms with Crippen LogP contribution in [0.2, 0.25) is 0 Å². The number of hydrogen-bond acceptors (Lipinski definition) is 9. The molecule has 8 nitrogen and oxygen atoms in total. The third kappa shape index (κ3) is 4.40. The lowest BCUT2D eigenvalue weighted by atomic mass is 10.2. The predicted octanol–water partition coefficient (Wildman–Crippen LogP) is 2.90. The van der Waals surface area contributed by atoms with Crippen molar-refractivity contribution in [2.75, 3.05) is 44.3 Å². The Morgan fingerprint density at radius 1 is 1.26 bits per heavy atom. The number of hydrogen-bond donors (Lipinski definition) is 1. The van der Waals surface area contributed by atoms with Crippen molar-refractivity contribution in [3.05, 3.63) is 24.5 Å². The van der Waals surface area contributed by atoms with E-state index < -0.39 is 0 Å². The first-order valence-electron chi connectivity index (χ1n) is 7.95. The zero-order valence-corrected chi connectivity index (χ0v) is 17.0. The predicted molar refractivity (Wildman–Crippen MR) is 108 cm³/mol. The molecule has 0 atom stereocenters. The van der Waals surface area contributed by atoms with Crippen LogP contribution in [0.1, 0.15) is 0 Å². The van der Waals surface area contributed by atoms with Gasteiger partial charge in [-0.2, -0.15) is 4.98 Å². The van der Waals surface area contributed by atoms with Crippen molar-refractivity contribution in [1.29, 1.82) is 0 Å². The molecule has 0 bridgehead atoms. The number of aromatic nitrogens is 3. The molecule has 0 aliphatic heterocycles. The highest BCUT2D eigenvalue weighted by Crippen LogP contribution is 2.33. The quantitative estimate of drug-likeness (QED) is 0.474. The zero-order valence-electron chi connectivity index (χ0n) is 15.3. The molecule has 0 fully saturated rings. The van der Waals surface area contributed by atoms with Gasteiger partial charge >= 0.3 is 0 Å². The van der Waals surface area contributed by atoms with Crippen molar-refractivity contribution in [1.82, 2.24) is 15.0 Å². The number of rotatable bonds is 7. The lowest BCUT2D eigenvalue weighted by Gasteiger charge is -2.11. The molecule has 0 radical (unpaired) electrons. The molecular formula is C17H19N5O3S2. The molecule has 0 saturated carbocycles. The van der Waals surface area contributed by atoms with Crippen LogP contribution >= 0.6 is 23.1 Å². The third-order valence-corrected chi connectivity index (χ3v) is 5.89. The van der Waals surface area contributed by atoms with Crippen LogP contribution in [0.15, 0.2) is 29.6 Å². The van der Waals surface area contributed by atoms with Crippen LogP contribution in [0.5, 0.6) is 11.5 Å². The smallest absolute Gasteiger partial charge is 0.234 e. The number of benzene rings is 1. The fourth-order valence-electron chi connectivity index (χ4n) is 2.24. The Hall–Kier alpha value is -2.59. The molecule has 0 saturated heterocycles. The second-order valence-electron chi connectivity index (χ2n) is 5.63. The summed E-state index contributed by atoms with van der Waals surface area (Å²) in [4.78, 5) is 27.2. The van der Waals surface area contributed by atoms with Gasteiger partial charge in [-0.1, -0.05) is 23.1 Å². The maximum Gasteiger partial charge on any atom is 0.234 e. The number of methoxy groups -OCH3 is 2. The van der Waals surface area contributed by atoms with Crippen molar-refractivity contribution in [3.8, 4) is 11.5 Å². The average Bonchev–Trinajstić information content (AvgIpc) is 3.12. The second-order valence-corrected chi connectivity index (χ2v) is 7.57. The first-order chi connectivity index (χ1) is 13.0. The fourth-order valence-corrected chi connectivity index (χ4v) is 4.05. The van der Waals surface area contributed by atoms with Crippen LogP contribution in [0.4, 0.5) is 10.8 Å². The minimum Gasteiger partial charge on any atom is -0.497 e. The molecular weight excluding hydrogens is 386 g/mol. The van der Waals surface area contributed by atoms with Gasteiger partial charge in [-0.15, -0.1) is 0 Å². The fraction of sp³-hybridized carbons (Fsp3) is 0.294. The molecule has 2 aromatic heterocycles. The summed E-state index contributed by atoms with van der Waals surface area (Å²) in [5.41, 5.74) is 1.22. The number of ether oxygens (including phenoxy) is 2. The standard InChI is InChI=1S/C17H19N5O3S2/c1-22(2)17-21-15-14(27-17)16(19-9-18-15)26-8-13(23)20-11-6-5-10(24-3)7-12(11)25-4/h5-7,9H,8H2,1-4H3,(H,20,23). The second kappa shape index (κ2) is 8.40. The number of thioether (sulfide) groups is 1. The summed E-state index contributed by atoms with van der Waals surface area (Å²) in [6.07, 6.45) is 1.47. The normalized spacial score (nSPS) is 10.7. The minimum atomic E-state index is -0.160. The topological polar surface area (TPSA) is 89.5 Å². The Balaban J connectivity index is 1.70. The highest BCUT2D eigenvalue weighted by Gasteiger charge is 2.14. The van der Waals surface area contributed by atoms with Crippen LogP contribution in [-0.4, -0.2) is 54.9 Å². The molecule has 3 aromatic rings. The van der Waals surface area contributed by atoms with E-state index in [9.17, 15) is 4.79 Å².